The maximum Gasteiger partial charge on any atom is 0.0558 e. The number of benzene rings is 1. The van der Waals surface area contributed by atoms with E-state index in [-0.39, 0.29) is 19.0 Å². The molecule has 0 saturated heterocycles. The van der Waals surface area contributed by atoms with Crippen molar-refractivity contribution in [3.8, 4) is 5.75 Å². The number of aliphatic hydroxyl groups excluding tert-OH is 2. The summed E-state index contributed by atoms with van der Waals surface area (Å²) >= 11 is 0. The maximum absolute atomic E-state index is 12.4. The largest absolute Gasteiger partial charge is 0.872 e. The number of aryl methyl sites for hydroxylation is 1. The van der Waals surface area contributed by atoms with Gasteiger partial charge >= 0.3 is 0 Å². The maximum atomic E-state index is 12.4. The zero-order chi connectivity index (χ0) is 15.1. The van der Waals surface area contributed by atoms with Crippen LogP contribution < -0.4 is 5.11 Å². The second-order valence-electron chi connectivity index (χ2n) is 5.34. The summed E-state index contributed by atoms with van der Waals surface area (Å²) in [7, 11) is 3.77. The minimum Gasteiger partial charge on any atom is -0.872 e. The van der Waals surface area contributed by atoms with E-state index in [9.17, 15) is 5.11 Å². The van der Waals surface area contributed by atoms with Gasteiger partial charge in [-0.2, -0.15) is 0 Å². The smallest absolute Gasteiger partial charge is 0.0558 e. The van der Waals surface area contributed by atoms with Gasteiger partial charge in [-0.3, -0.25) is 9.80 Å². The molecule has 0 atom stereocenters. The molecule has 0 heterocycles. The molecular weight excluding hydrogens is 256 g/mol. The minimum atomic E-state index is 0.0604. The first-order valence-corrected chi connectivity index (χ1v) is 6.86. The third-order valence-corrected chi connectivity index (χ3v) is 3.23. The Kier molecular flexibility index (Phi) is 6.95. The molecule has 0 aliphatic carbocycles. The van der Waals surface area contributed by atoms with Crippen LogP contribution in [0.25, 0.3) is 0 Å². The molecule has 0 fully saturated rings. The third kappa shape index (κ3) is 5.09. The molecule has 0 unspecified atom stereocenters. The zero-order valence-electron chi connectivity index (χ0n) is 12.6. The van der Waals surface area contributed by atoms with E-state index in [0.29, 0.717) is 26.2 Å². The Morgan fingerprint density at radius 2 is 1.35 bits per heavy atom. The predicted molar refractivity (Wildman–Crippen MR) is 77.5 cm³/mol. The highest BCUT2D eigenvalue weighted by atomic mass is 16.3. The molecule has 0 radical (unpaired) electrons. The summed E-state index contributed by atoms with van der Waals surface area (Å²) in [5.74, 6) is 0.0604. The van der Waals surface area contributed by atoms with E-state index in [1.165, 1.54) is 0 Å². The molecule has 1 aromatic carbocycles. The first kappa shape index (κ1) is 16.9. The van der Waals surface area contributed by atoms with Gasteiger partial charge in [-0.1, -0.05) is 23.4 Å². The molecule has 20 heavy (non-hydrogen) atoms. The SMILES string of the molecule is Cc1cc(CN(C)CCO)c([O-])c(CN(C)CCO)c1. The van der Waals surface area contributed by atoms with Gasteiger partial charge < -0.3 is 15.3 Å². The molecule has 0 bridgehead atoms. The van der Waals surface area contributed by atoms with Gasteiger partial charge in [0.25, 0.3) is 0 Å². The fourth-order valence-electron chi connectivity index (χ4n) is 2.24. The summed E-state index contributed by atoms with van der Waals surface area (Å²) in [6, 6.07) is 3.82. The molecule has 5 nitrogen and oxygen atoms in total. The highest BCUT2D eigenvalue weighted by Crippen LogP contribution is 2.24. The summed E-state index contributed by atoms with van der Waals surface area (Å²) in [5, 5.41) is 30.3. The Labute approximate surface area is 121 Å². The van der Waals surface area contributed by atoms with Crippen molar-refractivity contribution in [2.75, 3.05) is 40.4 Å². The van der Waals surface area contributed by atoms with Crippen LogP contribution in [0.15, 0.2) is 12.1 Å². The zero-order valence-corrected chi connectivity index (χ0v) is 12.6. The van der Waals surface area contributed by atoms with Crippen LogP contribution in [0.2, 0.25) is 0 Å². The standard InChI is InChI=1S/C15H26N2O3/c1-12-8-13(10-16(2)4-6-18)15(20)14(9-12)11-17(3)5-7-19/h8-9,18-20H,4-7,10-11H2,1-3H3/p-1. The number of rotatable bonds is 8. The number of hydrogen-bond donors (Lipinski definition) is 2. The van der Waals surface area contributed by atoms with E-state index in [4.69, 9.17) is 10.2 Å². The lowest BCUT2D eigenvalue weighted by molar-refractivity contribution is -0.271. The minimum absolute atomic E-state index is 0.0604. The van der Waals surface area contributed by atoms with Crippen LogP contribution >= 0.6 is 0 Å². The van der Waals surface area contributed by atoms with Gasteiger partial charge in [0, 0.05) is 26.2 Å². The first-order chi connectivity index (χ1) is 9.47. The molecule has 1 aromatic rings. The number of nitrogens with zero attached hydrogens (tertiary/aromatic N) is 2. The van der Waals surface area contributed by atoms with E-state index in [1.807, 2.05) is 43.0 Å². The Balaban J connectivity index is 2.88. The summed E-state index contributed by atoms with van der Waals surface area (Å²) in [4.78, 5) is 3.86. The van der Waals surface area contributed by atoms with Crippen molar-refractivity contribution >= 4 is 0 Å². The normalized spacial score (nSPS) is 11.6. The molecule has 2 N–H and O–H groups in total. The highest BCUT2D eigenvalue weighted by Gasteiger charge is 2.07. The Morgan fingerprint density at radius 3 is 1.70 bits per heavy atom. The van der Waals surface area contributed by atoms with Gasteiger partial charge in [0.2, 0.25) is 0 Å². The van der Waals surface area contributed by atoms with Crippen LogP contribution in [0.4, 0.5) is 0 Å². The molecule has 0 spiro atoms. The predicted octanol–water partition coefficient (Wildman–Crippen LogP) is -0.0832. The summed E-state index contributed by atoms with van der Waals surface area (Å²) < 4.78 is 0. The van der Waals surface area contributed by atoms with Crippen LogP contribution in [0.3, 0.4) is 0 Å². The van der Waals surface area contributed by atoms with Gasteiger partial charge in [-0.15, -0.1) is 0 Å². The van der Waals surface area contributed by atoms with Gasteiger partial charge in [-0.05, 0) is 32.1 Å². The van der Waals surface area contributed by atoms with E-state index in [0.717, 1.165) is 16.7 Å². The highest BCUT2D eigenvalue weighted by molar-refractivity contribution is 5.42. The topological polar surface area (TPSA) is 70.0 Å². The Hall–Kier alpha value is -1.14. The third-order valence-electron chi connectivity index (χ3n) is 3.23. The van der Waals surface area contributed by atoms with E-state index in [1.54, 1.807) is 0 Å². The van der Waals surface area contributed by atoms with Crippen LogP contribution in [-0.2, 0) is 13.1 Å². The average molecular weight is 281 g/mol. The van der Waals surface area contributed by atoms with Crippen LogP contribution in [-0.4, -0.2) is 60.4 Å². The lowest BCUT2D eigenvalue weighted by atomic mass is 10.0. The van der Waals surface area contributed by atoms with Gasteiger partial charge in [-0.25, -0.2) is 0 Å². The molecule has 114 valence electrons. The van der Waals surface area contributed by atoms with Crippen molar-refractivity contribution < 1.29 is 15.3 Å². The van der Waals surface area contributed by atoms with E-state index >= 15 is 0 Å². The Morgan fingerprint density at radius 1 is 0.950 bits per heavy atom. The molecule has 0 aliphatic heterocycles. The molecule has 0 amide bonds. The fourth-order valence-corrected chi connectivity index (χ4v) is 2.24. The van der Waals surface area contributed by atoms with Crippen molar-refractivity contribution in [2.24, 2.45) is 0 Å². The summed E-state index contributed by atoms with van der Waals surface area (Å²) in [6.45, 7) is 4.32. The first-order valence-electron chi connectivity index (χ1n) is 6.86. The molecular formula is C15H25N2O3-. The number of hydrogen-bond acceptors (Lipinski definition) is 5. The van der Waals surface area contributed by atoms with Crippen LogP contribution in [0.5, 0.6) is 5.75 Å². The van der Waals surface area contributed by atoms with E-state index in [2.05, 4.69) is 0 Å². The lowest BCUT2D eigenvalue weighted by Gasteiger charge is -2.26. The van der Waals surface area contributed by atoms with E-state index < -0.39 is 0 Å². The molecule has 0 saturated carbocycles. The summed E-state index contributed by atoms with van der Waals surface area (Å²) in [5.41, 5.74) is 2.58. The average Bonchev–Trinajstić information content (AvgIpc) is 2.35. The van der Waals surface area contributed by atoms with Crippen molar-refractivity contribution in [1.29, 1.82) is 0 Å². The monoisotopic (exact) mass is 281 g/mol. The molecule has 1 rings (SSSR count). The molecule has 5 heteroatoms. The van der Waals surface area contributed by atoms with Crippen molar-refractivity contribution in [3.63, 3.8) is 0 Å². The van der Waals surface area contributed by atoms with Crippen LogP contribution in [0.1, 0.15) is 16.7 Å². The number of likely N-dealkylation sites (N-methyl/N-ethyl adjacent to an activating group) is 2. The fraction of sp³-hybridized carbons (Fsp3) is 0.600. The van der Waals surface area contributed by atoms with Gasteiger partial charge in [0.15, 0.2) is 0 Å². The number of aliphatic hydroxyl groups is 2. The Bertz CT molecular complexity index is 389. The molecule has 0 aliphatic rings. The van der Waals surface area contributed by atoms with Crippen molar-refractivity contribution in [3.05, 3.63) is 28.8 Å². The van der Waals surface area contributed by atoms with Gasteiger partial charge in [0.1, 0.15) is 0 Å². The van der Waals surface area contributed by atoms with Crippen molar-refractivity contribution in [1.82, 2.24) is 9.80 Å². The molecule has 0 aromatic heterocycles. The quantitative estimate of drug-likeness (QED) is 0.697. The van der Waals surface area contributed by atoms with Crippen LogP contribution in [0, 0.1) is 6.92 Å². The lowest BCUT2D eigenvalue weighted by Crippen LogP contribution is -2.24. The second kappa shape index (κ2) is 8.21. The van der Waals surface area contributed by atoms with Crippen molar-refractivity contribution in [2.45, 2.75) is 20.0 Å². The second-order valence-corrected chi connectivity index (χ2v) is 5.34. The summed E-state index contributed by atoms with van der Waals surface area (Å²) in [6.07, 6.45) is 0. The van der Waals surface area contributed by atoms with Gasteiger partial charge in [0.05, 0.1) is 13.2 Å².